The molecule has 0 aromatic rings. The van der Waals surface area contributed by atoms with Crippen LogP contribution in [0.3, 0.4) is 0 Å². The summed E-state index contributed by atoms with van der Waals surface area (Å²) < 4.78 is 34.6. The van der Waals surface area contributed by atoms with Crippen LogP contribution in [-0.2, 0) is 259 Å². The van der Waals surface area contributed by atoms with Crippen LogP contribution in [0.1, 0.15) is 170 Å². The van der Waals surface area contributed by atoms with Crippen molar-refractivity contribution in [3.05, 3.63) is 0 Å². The van der Waals surface area contributed by atoms with Gasteiger partial charge in [0.25, 0.3) is 0 Å². The number of amides is 2. The van der Waals surface area contributed by atoms with E-state index in [4.69, 9.17) is 0 Å². The Hall–Kier alpha value is -0.121. The largest absolute Gasteiger partial charge is 0.469 e. The van der Waals surface area contributed by atoms with E-state index in [1.54, 1.807) is 28.1 Å². The Balaban J connectivity index is -0.0000000329. The monoisotopic (exact) mass is 1440 g/mol. The summed E-state index contributed by atoms with van der Waals surface area (Å²) in [7, 11) is 8.24. The van der Waals surface area contributed by atoms with Gasteiger partial charge in [0.15, 0.2) is 0 Å². The maximum absolute atomic E-state index is 10.8. The third-order valence-electron chi connectivity index (χ3n) is 6.28. The van der Waals surface area contributed by atoms with Crippen molar-refractivity contribution in [2.75, 3.05) is 62.9 Å². The second-order valence-electron chi connectivity index (χ2n) is 11.7. The molecule has 0 rings (SSSR count). The zero-order chi connectivity index (χ0) is 50.6. The molecule has 0 aromatic carbocycles. The molecule has 0 aliphatic rings. The van der Waals surface area contributed by atoms with Crippen LogP contribution >= 0.6 is 0 Å². The van der Waals surface area contributed by atoms with Crippen molar-refractivity contribution in [2.24, 2.45) is 0 Å². The van der Waals surface area contributed by atoms with Gasteiger partial charge in [-0.3, -0.25) is 57.5 Å². The first-order valence-electron chi connectivity index (χ1n) is 19.6. The summed E-state index contributed by atoms with van der Waals surface area (Å²) in [6.45, 7) is 12.8. The van der Waals surface area contributed by atoms with Crippen LogP contribution in [-0.4, -0.2) is 134 Å². The second kappa shape index (κ2) is 97.4. The fourth-order valence-corrected chi connectivity index (χ4v) is 2.76. The van der Waals surface area contributed by atoms with E-state index in [1.165, 1.54) is 56.1 Å². The number of nitrogens with one attached hydrogen (secondary N) is 2. The Kier molecular flexibility index (Phi) is 161. The van der Waals surface area contributed by atoms with E-state index in [2.05, 4.69) is 48.5 Å². The van der Waals surface area contributed by atoms with Crippen LogP contribution in [0, 0.1) is 0 Å². The minimum Gasteiger partial charge on any atom is -0.469 e. The zero-order valence-corrected chi connectivity index (χ0v) is 56.8. The summed E-state index contributed by atoms with van der Waals surface area (Å²) in [5.41, 5.74) is 0. The summed E-state index contributed by atoms with van der Waals surface area (Å²) >= 11 is 0. The Morgan fingerprint density at radius 1 is 0.356 bits per heavy atom. The molecule has 0 saturated heterocycles. The van der Waals surface area contributed by atoms with Gasteiger partial charge in [-0.25, -0.2) is 0 Å². The predicted octanol–water partition coefficient (Wildman–Crippen LogP) is 6.37. The first-order chi connectivity index (χ1) is 29.5. The molecule has 0 spiro atoms. The molecule has 27 heteroatoms. The molecule has 22 nitrogen and oxygen atoms in total. The molecule has 0 aromatic heterocycles. The molecule has 0 unspecified atom stereocenters. The van der Waals surface area contributed by atoms with Gasteiger partial charge in [0, 0.05) is 257 Å². The van der Waals surface area contributed by atoms with Gasteiger partial charge >= 0.3 is 35.8 Å². The molecule has 0 fully saturated rings. The number of hydrogen-bond acceptors (Lipinski definition) is 20. The summed E-state index contributed by atoms with van der Waals surface area (Å²) in [4.78, 5) is 125. The minimum absolute atomic E-state index is 0. The number of methoxy groups -OCH3 is 6. The average Bonchev–Trinajstić information content (AvgIpc) is 3.24. The molecule has 0 bridgehead atoms. The van der Waals surface area contributed by atoms with Gasteiger partial charge in [0.2, 0.25) is 18.6 Å². The van der Waals surface area contributed by atoms with E-state index in [0.717, 1.165) is 6.42 Å². The van der Waals surface area contributed by atoms with Gasteiger partial charge < -0.3 is 48.5 Å². The van der Waals surface area contributed by atoms with Gasteiger partial charge in [-0.1, -0.05) is 64.8 Å². The number of rotatable bonds is 22. The molecule has 0 heterocycles. The van der Waals surface area contributed by atoms with Crippen molar-refractivity contribution in [1.29, 1.82) is 0 Å². The topological polar surface area (TPSA) is 303 Å². The van der Waals surface area contributed by atoms with Crippen LogP contribution in [0.25, 0.3) is 0 Å². The van der Waals surface area contributed by atoms with Gasteiger partial charge in [-0.2, -0.15) is 0 Å². The van der Waals surface area contributed by atoms with Gasteiger partial charge in [0.05, 0.1) is 41.5 Å². The average molecular weight is 1440 g/mol. The normalized spacial score (nSPS) is 7.53. The second-order valence-corrected chi connectivity index (χ2v) is 11.7. The minimum atomic E-state index is -0.582. The number of esters is 6. The van der Waals surface area contributed by atoms with Gasteiger partial charge in [-0.05, 0) is 12.8 Å². The molecular formula is C46H94N2O20Y5. The van der Waals surface area contributed by atoms with Crippen molar-refractivity contribution >= 4 is 70.8 Å². The quantitative estimate of drug-likeness (QED) is 0.0515. The molecule has 2 amide bonds. The fraction of sp³-hybridized carbons (Fsp3) is 0.739. The first-order valence-corrected chi connectivity index (χ1v) is 19.6. The third-order valence-corrected chi connectivity index (χ3v) is 6.28. The maximum atomic E-state index is 10.8. The Morgan fingerprint density at radius 2 is 0.616 bits per heavy atom. The van der Waals surface area contributed by atoms with E-state index in [9.17, 15) is 57.5 Å². The van der Waals surface area contributed by atoms with E-state index >= 15 is 0 Å². The Bertz CT molecular complexity index is 1150. The molecule has 423 valence electrons. The predicted molar refractivity (Wildman–Crippen MR) is 260 cm³/mol. The van der Waals surface area contributed by atoms with Crippen LogP contribution in [0.5, 0.6) is 0 Å². The van der Waals surface area contributed by atoms with Crippen molar-refractivity contribution < 1.29 is 259 Å². The Morgan fingerprint density at radius 3 is 0.808 bits per heavy atom. The van der Waals surface area contributed by atoms with Crippen LogP contribution in [0.2, 0.25) is 0 Å². The van der Waals surface area contributed by atoms with Gasteiger partial charge in [0.1, 0.15) is 36.3 Å². The molecule has 0 aliphatic carbocycles. The third kappa shape index (κ3) is 141. The van der Waals surface area contributed by atoms with E-state index < -0.39 is 23.9 Å². The molecular weight excluding hydrogens is 1350 g/mol. The number of ether oxygens (including phenoxy) is 8. The smallest absolute Gasteiger partial charge is 0.316 e. The van der Waals surface area contributed by atoms with Crippen LogP contribution in [0.4, 0.5) is 0 Å². The van der Waals surface area contributed by atoms with Crippen LogP contribution in [0.15, 0.2) is 0 Å². The molecule has 0 aliphatic heterocycles. The fourth-order valence-electron chi connectivity index (χ4n) is 2.76. The SMILES string of the molecule is C.C.C.C.C.CC(=O)NCNC(C)=O.CC(=O)OCOC(C)=O.CCC(=O)CC(=O)CC.CCC(=O)CCCC(=O)CC.COC(=O)CC(=O)OC.COC(=O)CCCC(=O)OC.COCOC.[Y].[Y].[Y].[Y].[Y]. The molecule has 0 atom stereocenters. The van der Waals surface area contributed by atoms with Gasteiger partial charge in [-0.15, -0.1) is 0 Å². The number of ketones is 4. The zero-order valence-electron chi connectivity index (χ0n) is 42.7. The number of hydrogen-bond donors (Lipinski definition) is 2. The molecule has 73 heavy (non-hydrogen) atoms. The number of carbonyl (C=O) groups is 12. The van der Waals surface area contributed by atoms with Crippen molar-refractivity contribution in [3.63, 3.8) is 0 Å². The van der Waals surface area contributed by atoms with E-state index in [-0.39, 0.29) is 287 Å². The number of carbonyl (C=O) groups excluding carboxylic acids is 12. The standard InChI is InChI=1S/C9H16O2.C7H12O4.C7H12O2.C5H10N2O2.2C5H8O4.C3H8O2.5CH4.5Y/c1-3-8(10)6-5-7-9(11)4-2;1-10-6(8)4-3-5-7(9)11-2;1-3-6(8)5-7(9)4-2;1-4(8)6-3-7-5(2)9;1-8-4(6)3-5(7)9-2;1-4(6)8-3-9-5(2)7;1-4-3-5-2;;;;;;;;;;/h3-7H2,1-2H3;3-5H2,1-2H3;3-5H2,1-2H3;3H2,1-2H3,(H,6,8)(H,7,9);2*3H2,1-2H3;3H2,1-2H3;5*1H4;;;;;. The summed E-state index contributed by atoms with van der Waals surface area (Å²) in [5.74, 6) is -2.38. The van der Waals surface area contributed by atoms with Crippen molar-refractivity contribution in [1.82, 2.24) is 10.6 Å². The summed E-state index contributed by atoms with van der Waals surface area (Å²) in [6, 6.07) is 0. The number of Topliss-reactive ketones (excluding diaryl/α,β-unsaturated/α-hetero) is 4. The molecule has 2 N–H and O–H groups in total. The summed E-state index contributed by atoms with van der Waals surface area (Å²) in [6.07, 6.45) is 4.87. The van der Waals surface area contributed by atoms with Crippen molar-refractivity contribution in [2.45, 2.75) is 170 Å². The van der Waals surface area contributed by atoms with E-state index in [0.29, 0.717) is 51.7 Å². The van der Waals surface area contributed by atoms with Crippen LogP contribution < -0.4 is 10.6 Å². The maximum Gasteiger partial charge on any atom is 0.316 e. The Labute approximate surface area is 565 Å². The van der Waals surface area contributed by atoms with E-state index in [1.807, 2.05) is 13.8 Å². The summed E-state index contributed by atoms with van der Waals surface area (Å²) in [5, 5.41) is 4.81. The molecule has 5 radical (unpaired) electrons. The molecule has 0 saturated carbocycles. The first kappa shape index (κ1) is 121. The van der Waals surface area contributed by atoms with Crippen molar-refractivity contribution in [3.8, 4) is 0 Å².